The van der Waals surface area contributed by atoms with E-state index in [0.717, 1.165) is 4.90 Å². The van der Waals surface area contributed by atoms with Gasteiger partial charge in [-0.05, 0) is 42.3 Å². The number of methoxy groups -OCH3 is 2. The van der Waals surface area contributed by atoms with Crippen molar-refractivity contribution in [2.45, 2.75) is 29.3 Å². The van der Waals surface area contributed by atoms with Crippen LogP contribution in [0.15, 0.2) is 132 Å². The van der Waals surface area contributed by atoms with E-state index >= 15 is 0 Å². The molecule has 1 aliphatic heterocycles. The lowest BCUT2D eigenvalue weighted by Crippen LogP contribution is -2.70. The number of hydrogen-bond acceptors (Lipinski definition) is 10. The van der Waals surface area contributed by atoms with E-state index in [2.05, 4.69) is 5.32 Å². The predicted octanol–water partition coefficient (Wildman–Crippen LogP) is 5.06. The van der Waals surface area contributed by atoms with Gasteiger partial charge in [-0.3, -0.25) is 14.5 Å². The van der Waals surface area contributed by atoms with Crippen molar-refractivity contribution in [2.75, 3.05) is 20.8 Å². The Bertz CT molecular complexity index is 1880. The fourth-order valence-corrected chi connectivity index (χ4v) is 8.77. The Morgan fingerprint density at radius 2 is 1.39 bits per heavy atom. The third-order valence-electron chi connectivity index (χ3n) is 7.54. The van der Waals surface area contributed by atoms with Gasteiger partial charge >= 0.3 is 5.97 Å². The smallest absolute Gasteiger partial charge is 0.359 e. The normalized spacial score (nSPS) is 16.2. The quantitative estimate of drug-likeness (QED) is 0.0624. The average molecular weight is 703 g/mol. The fraction of sp³-hybridized carbons (Fsp3) is 0.194. The number of nitrogens with zero attached hydrogens (tertiary/aromatic N) is 1. The number of β-lactam (4-membered cyclic amide) rings is 1. The van der Waals surface area contributed by atoms with Gasteiger partial charge in [-0.1, -0.05) is 91.0 Å². The molecule has 0 bridgehead atoms. The minimum atomic E-state index is -4.24. The first-order valence-corrected chi connectivity index (χ1v) is 17.9. The number of benzene rings is 4. The second-order valence-corrected chi connectivity index (χ2v) is 14.6. The summed E-state index contributed by atoms with van der Waals surface area (Å²) in [4.78, 5) is 41.8. The number of hydrogen-bond donors (Lipinski definition) is 1. The summed E-state index contributed by atoms with van der Waals surface area (Å²) in [6.07, 6.45) is -0.875. The number of carbonyl (C=O) groups excluding carboxylic acids is 3. The molecule has 1 saturated heterocycles. The fourth-order valence-electron chi connectivity index (χ4n) is 5.08. The van der Waals surface area contributed by atoms with Crippen LogP contribution in [-0.4, -0.2) is 63.3 Å². The molecule has 1 N–H and O–H groups in total. The largest absolute Gasteiger partial charge is 0.499 e. The lowest BCUT2D eigenvalue weighted by atomic mass is 10.0. The summed E-state index contributed by atoms with van der Waals surface area (Å²) in [7, 11) is -1.22. The minimum absolute atomic E-state index is 0.00398. The van der Waals surface area contributed by atoms with Gasteiger partial charge < -0.3 is 24.3 Å². The van der Waals surface area contributed by atoms with Crippen molar-refractivity contribution in [1.82, 2.24) is 10.2 Å². The van der Waals surface area contributed by atoms with Crippen molar-refractivity contribution >= 4 is 37.4 Å². The van der Waals surface area contributed by atoms with Crippen molar-refractivity contribution < 1.29 is 41.7 Å². The summed E-state index contributed by atoms with van der Waals surface area (Å²) in [6.45, 7) is 1.02. The number of ether oxygens (including phenoxy) is 4. The molecule has 0 aromatic heterocycles. The second kappa shape index (κ2) is 15.8. The van der Waals surface area contributed by atoms with E-state index < -0.39 is 50.8 Å². The summed E-state index contributed by atoms with van der Waals surface area (Å²) in [5, 5.41) is 1.26. The Morgan fingerprint density at radius 1 is 0.837 bits per heavy atom. The van der Waals surface area contributed by atoms with E-state index in [1.54, 1.807) is 84.9 Å². The lowest BCUT2D eigenvalue weighted by molar-refractivity contribution is -0.155. The standard InChI is InChI=1S/C36H34N2O9S2/c1-24(44-2)32(36(41)47-33(25-15-7-4-8-16-25)26-17-9-5-10-18-26)38-34(40)31(37-30(39)23-46-27-19-11-6-12-20-27)35(38)48-49(42,43)29-22-14-13-21-28(29)45-3/h4-22,31,33,35H,23H2,1-3H3,(H,37,39)/b32-24+. The Morgan fingerprint density at radius 3 is 1.96 bits per heavy atom. The highest BCUT2D eigenvalue weighted by Crippen LogP contribution is 2.43. The number of amides is 2. The zero-order valence-electron chi connectivity index (χ0n) is 26.8. The van der Waals surface area contributed by atoms with Crippen LogP contribution in [-0.2, 0) is 32.7 Å². The molecule has 5 rings (SSSR count). The number of carbonyl (C=O) groups is 3. The molecule has 13 heteroatoms. The zero-order chi connectivity index (χ0) is 35.0. The van der Waals surface area contributed by atoms with E-state index in [4.69, 9.17) is 18.9 Å². The third kappa shape index (κ3) is 8.07. The molecule has 254 valence electrons. The highest BCUT2D eigenvalue weighted by Gasteiger charge is 2.55. The van der Waals surface area contributed by atoms with E-state index in [9.17, 15) is 22.8 Å². The molecule has 1 aliphatic rings. The molecule has 2 amide bonds. The number of para-hydroxylation sites is 2. The summed E-state index contributed by atoms with van der Waals surface area (Å²) in [5.41, 5.74) is 1.02. The first kappa shape index (κ1) is 35.0. The summed E-state index contributed by atoms with van der Waals surface area (Å²) in [6, 6.07) is 31.3. The molecule has 11 nitrogen and oxygen atoms in total. The van der Waals surface area contributed by atoms with E-state index in [-0.39, 0.29) is 22.1 Å². The molecular formula is C36H34N2O9S2. The molecule has 4 aromatic rings. The maximum Gasteiger partial charge on any atom is 0.359 e. The molecule has 2 unspecified atom stereocenters. The van der Waals surface area contributed by atoms with Crippen LogP contribution in [0.5, 0.6) is 11.5 Å². The van der Waals surface area contributed by atoms with Crippen molar-refractivity contribution in [1.29, 1.82) is 0 Å². The van der Waals surface area contributed by atoms with Crippen LogP contribution in [0, 0.1) is 0 Å². The summed E-state index contributed by atoms with van der Waals surface area (Å²) < 4.78 is 50.0. The molecule has 0 saturated carbocycles. The van der Waals surface area contributed by atoms with Crippen molar-refractivity contribution in [2.24, 2.45) is 0 Å². The van der Waals surface area contributed by atoms with Crippen LogP contribution in [0.2, 0.25) is 0 Å². The molecule has 2 atom stereocenters. The van der Waals surface area contributed by atoms with E-state index in [1.165, 1.54) is 39.3 Å². The predicted molar refractivity (Wildman–Crippen MR) is 183 cm³/mol. The van der Waals surface area contributed by atoms with Gasteiger partial charge in [-0.25, -0.2) is 13.2 Å². The number of likely N-dealkylation sites (tertiary alicyclic amines) is 1. The Balaban J connectivity index is 1.48. The van der Waals surface area contributed by atoms with Gasteiger partial charge in [0.2, 0.25) is 8.87 Å². The van der Waals surface area contributed by atoms with Crippen LogP contribution in [0.25, 0.3) is 0 Å². The number of allylic oxidation sites excluding steroid dienone is 1. The zero-order valence-corrected chi connectivity index (χ0v) is 28.5. The summed E-state index contributed by atoms with van der Waals surface area (Å²) in [5.74, 6) is -1.86. The Hall–Kier alpha value is -5.27. The highest BCUT2D eigenvalue weighted by atomic mass is 33.1. The lowest BCUT2D eigenvalue weighted by Gasteiger charge is -2.46. The molecular weight excluding hydrogens is 669 g/mol. The maximum absolute atomic E-state index is 14.1. The van der Waals surface area contributed by atoms with Crippen molar-refractivity contribution in [3.8, 4) is 11.5 Å². The van der Waals surface area contributed by atoms with Gasteiger partial charge in [0.25, 0.3) is 11.8 Å². The van der Waals surface area contributed by atoms with Gasteiger partial charge in [-0.2, -0.15) is 0 Å². The molecule has 4 aromatic carbocycles. The van der Waals surface area contributed by atoms with Gasteiger partial charge in [0, 0.05) is 10.8 Å². The van der Waals surface area contributed by atoms with E-state index in [0.29, 0.717) is 27.7 Å². The van der Waals surface area contributed by atoms with Crippen LogP contribution in [0.3, 0.4) is 0 Å². The van der Waals surface area contributed by atoms with Crippen LogP contribution in [0.4, 0.5) is 0 Å². The van der Waals surface area contributed by atoms with Crippen LogP contribution < -0.4 is 14.8 Å². The number of rotatable bonds is 14. The van der Waals surface area contributed by atoms with E-state index in [1.807, 2.05) is 12.1 Å². The molecule has 0 spiro atoms. The van der Waals surface area contributed by atoms with Gasteiger partial charge in [0.1, 0.15) is 33.6 Å². The highest BCUT2D eigenvalue weighted by molar-refractivity contribution is 8.72. The van der Waals surface area contributed by atoms with Crippen molar-refractivity contribution in [3.63, 3.8) is 0 Å². The number of esters is 1. The Labute approximate surface area is 288 Å². The molecule has 1 fully saturated rings. The average Bonchev–Trinajstić information content (AvgIpc) is 3.14. The monoisotopic (exact) mass is 702 g/mol. The minimum Gasteiger partial charge on any atom is -0.499 e. The van der Waals surface area contributed by atoms with Gasteiger partial charge in [0.15, 0.2) is 18.4 Å². The molecule has 1 heterocycles. The summed E-state index contributed by atoms with van der Waals surface area (Å²) >= 11 is 0. The van der Waals surface area contributed by atoms with Gasteiger partial charge in [0.05, 0.1) is 14.2 Å². The first-order chi connectivity index (χ1) is 23.6. The molecule has 0 radical (unpaired) electrons. The third-order valence-corrected chi connectivity index (χ3v) is 11.2. The van der Waals surface area contributed by atoms with Crippen LogP contribution in [0.1, 0.15) is 24.2 Å². The SMILES string of the molecule is CO/C(C)=C(\C(=O)OC(c1ccccc1)c1ccccc1)N1C(=O)C(NC(=O)COc2ccccc2)C1SS(=O)(=O)c1ccccc1OC. The van der Waals surface area contributed by atoms with Gasteiger partial charge in [-0.15, -0.1) is 0 Å². The number of nitrogens with one attached hydrogen (secondary N) is 1. The molecule has 0 aliphatic carbocycles. The first-order valence-electron chi connectivity index (χ1n) is 15.1. The maximum atomic E-state index is 14.1. The van der Waals surface area contributed by atoms with Crippen LogP contribution >= 0.6 is 10.8 Å². The second-order valence-electron chi connectivity index (χ2n) is 10.7. The molecule has 49 heavy (non-hydrogen) atoms. The Kier molecular flexibility index (Phi) is 11.3. The van der Waals surface area contributed by atoms with Crippen molar-refractivity contribution in [3.05, 3.63) is 138 Å². The topological polar surface area (TPSA) is 138 Å².